The Morgan fingerprint density at radius 1 is 1.07 bits per heavy atom. The second kappa shape index (κ2) is 8.18. The van der Waals surface area contributed by atoms with Crippen molar-refractivity contribution in [2.45, 2.75) is 58.3 Å². The Balaban J connectivity index is 1.96. The van der Waals surface area contributed by atoms with Crippen molar-refractivity contribution in [3.63, 3.8) is 0 Å². The minimum Gasteiger partial charge on any atom is -0.132 e. The molecule has 2 heteroatoms. The van der Waals surface area contributed by atoms with Gasteiger partial charge in [0.05, 0.1) is 4.34 Å². The summed E-state index contributed by atoms with van der Waals surface area (Å²) in [5.41, 5.74) is 1.34. The van der Waals surface area contributed by atoms with E-state index < -0.39 is 0 Å². The first-order valence-electron chi connectivity index (χ1n) is 6.06. The third-order valence-corrected chi connectivity index (χ3v) is 3.99. The van der Waals surface area contributed by atoms with Crippen molar-refractivity contribution in [3.8, 4) is 0 Å². The zero-order chi connectivity index (χ0) is 10.9. The van der Waals surface area contributed by atoms with Crippen LogP contribution in [0.1, 0.15) is 57.4 Å². The van der Waals surface area contributed by atoms with Gasteiger partial charge in [-0.1, -0.05) is 57.0 Å². The molecule has 0 saturated heterocycles. The van der Waals surface area contributed by atoms with Gasteiger partial charge in [0.1, 0.15) is 0 Å². The van der Waals surface area contributed by atoms with Crippen molar-refractivity contribution in [2.24, 2.45) is 0 Å². The van der Waals surface area contributed by atoms with Crippen LogP contribution in [0.5, 0.6) is 0 Å². The van der Waals surface area contributed by atoms with Crippen molar-refractivity contribution in [1.29, 1.82) is 0 Å². The molecule has 0 nitrogen and oxygen atoms in total. The standard InChI is InChI=1S/C13H21ClS/c1-2-3-4-5-6-7-8-9-12-10-11-15-13(12)14/h10-11H,2-9H2,1H3. The minimum absolute atomic E-state index is 0.987. The number of rotatable bonds is 8. The van der Waals surface area contributed by atoms with Crippen molar-refractivity contribution in [2.75, 3.05) is 0 Å². The molecule has 0 unspecified atom stereocenters. The van der Waals surface area contributed by atoms with Crippen LogP contribution in [0.25, 0.3) is 0 Å². The molecule has 0 amide bonds. The Bertz CT molecular complexity index is 255. The molecule has 0 aliphatic rings. The van der Waals surface area contributed by atoms with Gasteiger partial charge in [-0.15, -0.1) is 11.3 Å². The summed E-state index contributed by atoms with van der Waals surface area (Å²) in [6.07, 6.45) is 10.8. The summed E-state index contributed by atoms with van der Waals surface area (Å²) in [5.74, 6) is 0. The van der Waals surface area contributed by atoms with Crippen molar-refractivity contribution >= 4 is 22.9 Å². The highest BCUT2D eigenvalue weighted by Crippen LogP contribution is 2.24. The summed E-state index contributed by atoms with van der Waals surface area (Å²) in [4.78, 5) is 0. The van der Waals surface area contributed by atoms with Crippen LogP contribution < -0.4 is 0 Å². The Labute approximate surface area is 103 Å². The van der Waals surface area contributed by atoms with E-state index in [4.69, 9.17) is 11.6 Å². The van der Waals surface area contributed by atoms with Crippen LogP contribution in [0, 0.1) is 0 Å². The summed E-state index contributed by atoms with van der Waals surface area (Å²) in [6.45, 7) is 2.26. The smallest absolute Gasteiger partial charge is 0.0960 e. The summed E-state index contributed by atoms with van der Waals surface area (Å²) >= 11 is 7.68. The lowest BCUT2D eigenvalue weighted by atomic mass is 10.1. The first kappa shape index (κ1) is 13.1. The minimum atomic E-state index is 0.987. The van der Waals surface area contributed by atoms with Crippen LogP contribution >= 0.6 is 22.9 Å². The number of unbranched alkanes of at least 4 members (excludes halogenated alkanes) is 6. The van der Waals surface area contributed by atoms with E-state index in [1.807, 2.05) is 0 Å². The SMILES string of the molecule is CCCCCCCCCc1ccsc1Cl. The van der Waals surface area contributed by atoms with E-state index in [1.54, 1.807) is 11.3 Å². The summed E-state index contributed by atoms with van der Waals surface area (Å²) in [5, 5.41) is 2.08. The van der Waals surface area contributed by atoms with Gasteiger partial charge in [-0.2, -0.15) is 0 Å². The van der Waals surface area contributed by atoms with E-state index in [9.17, 15) is 0 Å². The van der Waals surface area contributed by atoms with E-state index in [2.05, 4.69) is 18.4 Å². The van der Waals surface area contributed by atoms with Crippen LogP contribution in [0.2, 0.25) is 4.34 Å². The van der Waals surface area contributed by atoms with Crippen LogP contribution in [0.15, 0.2) is 11.4 Å². The van der Waals surface area contributed by atoms with E-state index >= 15 is 0 Å². The Morgan fingerprint density at radius 2 is 1.73 bits per heavy atom. The molecule has 1 aromatic heterocycles. The maximum atomic E-state index is 6.04. The molecule has 0 aliphatic carbocycles. The molecule has 15 heavy (non-hydrogen) atoms. The lowest BCUT2D eigenvalue weighted by molar-refractivity contribution is 0.589. The second-order valence-corrected chi connectivity index (χ2v) is 5.61. The van der Waals surface area contributed by atoms with Gasteiger partial charge in [-0.25, -0.2) is 0 Å². The number of aryl methyl sites for hydroxylation is 1. The van der Waals surface area contributed by atoms with Crippen LogP contribution in [0.3, 0.4) is 0 Å². The summed E-state index contributed by atoms with van der Waals surface area (Å²) in [6, 6.07) is 2.16. The van der Waals surface area contributed by atoms with Gasteiger partial charge in [0.15, 0.2) is 0 Å². The van der Waals surface area contributed by atoms with Gasteiger partial charge in [0, 0.05) is 0 Å². The lowest BCUT2D eigenvalue weighted by Gasteiger charge is -2.00. The quantitative estimate of drug-likeness (QED) is 0.515. The number of thiophene rings is 1. The molecular weight excluding hydrogens is 224 g/mol. The van der Waals surface area contributed by atoms with Gasteiger partial charge in [0.25, 0.3) is 0 Å². The molecule has 0 atom stereocenters. The highest BCUT2D eigenvalue weighted by Gasteiger charge is 2.00. The molecule has 0 bridgehead atoms. The molecule has 1 aromatic rings. The lowest BCUT2D eigenvalue weighted by Crippen LogP contribution is -1.84. The fourth-order valence-corrected chi connectivity index (χ4v) is 2.76. The zero-order valence-corrected chi connectivity index (χ0v) is 11.2. The molecule has 0 spiro atoms. The number of hydrogen-bond donors (Lipinski definition) is 0. The van der Waals surface area contributed by atoms with Gasteiger partial charge >= 0.3 is 0 Å². The maximum absolute atomic E-state index is 6.04. The van der Waals surface area contributed by atoms with Crippen LogP contribution in [0.4, 0.5) is 0 Å². The monoisotopic (exact) mass is 244 g/mol. The first-order valence-corrected chi connectivity index (χ1v) is 7.32. The average molecular weight is 245 g/mol. The summed E-state index contributed by atoms with van der Waals surface area (Å²) < 4.78 is 0.987. The molecule has 1 rings (SSSR count). The van der Waals surface area contributed by atoms with Gasteiger partial charge in [0.2, 0.25) is 0 Å². The Hall–Kier alpha value is -0.0100. The molecule has 0 saturated carbocycles. The highest BCUT2D eigenvalue weighted by atomic mass is 35.5. The molecule has 0 aliphatic heterocycles. The molecule has 86 valence electrons. The zero-order valence-electron chi connectivity index (χ0n) is 9.60. The molecule has 0 aromatic carbocycles. The molecule has 1 heterocycles. The fourth-order valence-electron chi connectivity index (χ4n) is 1.77. The van der Waals surface area contributed by atoms with E-state index in [0.717, 1.165) is 10.8 Å². The highest BCUT2D eigenvalue weighted by molar-refractivity contribution is 7.14. The van der Waals surface area contributed by atoms with Crippen LogP contribution in [-0.2, 0) is 6.42 Å². The largest absolute Gasteiger partial charge is 0.132 e. The van der Waals surface area contributed by atoms with Crippen molar-refractivity contribution in [3.05, 3.63) is 21.3 Å². The average Bonchev–Trinajstić information content (AvgIpc) is 2.63. The second-order valence-electron chi connectivity index (χ2n) is 4.09. The van der Waals surface area contributed by atoms with Gasteiger partial charge < -0.3 is 0 Å². The maximum Gasteiger partial charge on any atom is 0.0960 e. The number of halogens is 1. The van der Waals surface area contributed by atoms with E-state index in [1.165, 1.54) is 50.5 Å². The summed E-state index contributed by atoms with van der Waals surface area (Å²) in [7, 11) is 0. The first-order chi connectivity index (χ1) is 7.34. The molecule has 0 fully saturated rings. The van der Waals surface area contributed by atoms with Gasteiger partial charge in [-0.3, -0.25) is 0 Å². The number of hydrogen-bond acceptors (Lipinski definition) is 1. The predicted molar refractivity (Wildman–Crippen MR) is 71.0 cm³/mol. The van der Waals surface area contributed by atoms with Crippen molar-refractivity contribution < 1.29 is 0 Å². The van der Waals surface area contributed by atoms with Gasteiger partial charge in [-0.05, 0) is 29.9 Å². The molecular formula is C13H21ClS. The normalized spacial score (nSPS) is 10.8. The Kier molecular flexibility index (Phi) is 7.12. The van der Waals surface area contributed by atoms with Crippen LogP contribution in [-0.4, -0.2) is 0 Å². The predicted octanol–water partition coefficient (Wildman–Crippen LogP) is 5.69. The topological polar surface area (TPSA) is 0 Å². The molecule has 0 radical (unpaired) electrons. The Morgan fingerprint density at radius 3 is 2.33 bits per heavy atom. The van der Waals surface area contributed by atoms with E-state index in [-0.39, 0.29) is 0 Å². The third-order valence-electron chi connectivity index (χ3n) is 2.74. The fraction of sp³-hybridized carbons (Fsp3) is 0.692. The third kappa shape index (κ3) is 5.58. The van der Waals surface area contributed by atoms with Crippen molar-refractivity contribution in [1.82, 2.24) is 0 Å². The molecule has 0 N–H and O–H groups in total. The van der Waals surface area contributed by atoms with E-state index in [0.29, 0.717) is 0 Å².